The lowest BCUT2D eigenvalue weighted by molar-refractivity contribution is 0.0180. The number of carbonyl (C=O) groups excluding carboxylic acids is 3. The average Bonchev–Trinajstić information content (AvgIpc) is 3.30. The smallest absolute Gasteiger partial charge is 0.410 e. The van der Waals surface area contributed by atoms with Crippen LogP contribution in [0.25, 0.3) is 11.1 Å². The molecule has 3 aromatic carbocycles. The number of esters is 1. The molecule has 4 rings (SSSR count). The predicted molar refractivity (Wildman–Crippen MR) is 148 cm³/mol. The molecule has 0 aliphatic carbocycles. The van der Waals surface area contributed by atoms with Crippen LogP contribution >= 0.6 is 0 Å². The molecule has 9 nitrogen and oxygen atoms in total. The van der Waals surface area contributed by atoms with Crippen LogP contribution in [0.3, 0.4) is 0 Å². The summed E-state index contributed by atoms with van der Waals surface area (Å²) in [5.41, 5.74) is 1.31. The minimum atomic E-state index is -0.848. The zero-order valence-corrected chi connectivity index (χ0v) is 22.8. The summed E-state index contributed by atoms with van der Waals surface area (Å²) >= 11 is 0. The van der Waals surface area contributed by atoms with Gasteiger partial charge in [0.1, 0.15) is 23.3 Å². The van der Waals surface area contributed by atoms with Gasteiger partial charge in [0.15, 0.2) is 0 Å². The highest BCUT2D eigenvalue weighted by molar-refractivity contribution is 5.92. The van der Waals surface area contributed by atoms with Gasteiger partial charge in [-0.15, -0.1) is 0 Å². The summed E-state index contributed by atoms with van der Waals surface area (Å²) in [6, 6.07) is 18.2. The van der Waals surface area contributed by atoms with Crippen LogP contribution in [0.4, 0.5) is 19.7 Å². The Morgan fingerprint density at radius 2 is 1.60 bits per heavy atom. The average molecular weight is 550 g/mol. The second-order valence-electron chi connectivity index (χ2n) is 10.4. The lowest BCUT2D eigenvalue weighted by Gasteiger charge is -2.24. The number of anilines is 1. The van der Waals surface area contributed by atoms with Gasteiger partial charge >= 0.3 is 18.1 Å². The number of carbonyl (C=O) groups is 3. The zero-order valence-electron chi connectivity index (χ0n) is 22.8. The highest BCUT2D eigenvalue weighted by atomic mass is 19.1. The molecule has 1 heterocycles. The fourth-order valence-electron chi connectivity index (χ4n) is 4.22. The number of benzene rings is 3. The van der Waals surface area contributed by atoms with Gasteiger partial charge < -0.3 is 29.7 Å². The third kappa shape index (κ3) is 7.49. The number of nitrogens with zero attached hydrogens (tertiary/aromatic N) is 1. The summed E-state index contributed by atoms with van der Waals surface area (Å²) in [4.78, 5) is 40.1. The molecule has 0 spiro atoms. The van der Waals surface area contributed by atoms with Crippen molar-refractivity contribution in [1.82, 2.24) is 10.2 Å². The molecule has 1 saturated heterocycles. The first kappa shape index (κ1) is 28.4. The summed E-state index contributed by atoms with van der Waals surface area (Å²) in [7, 11) is 1.55. The Balaban J connectivity index is 1.49. The van der Waals surface area contributed by atoms with Crippen molar-refractivity contribution in [1.29, 1.82) is 0 Å². The Kier molecular flexibility index (Phi) is 8.57. The van der Waals surface area contributed by atoms with E-state index in [1.54, 1.807) is 88.5 Å². The number of amides is 3. The van der Waals surface area contributed by atoms with Crippen molar-refractivity contribution < 1.29 is 33.0 Å². The minimum Gasteiger partial charge on any atom is -0.497 e. The Hall–Kier alpha value is -4.60. The second kappa shape index (κ2) is 12.1. The van der Waals surface area contributed by atoms with Gasteiger partial charge in [0.25, 0.3) is 0 Å². The molecule has 0 radical (unpaired) electrons. The highest BCUT2D eigenvalue weighted by Gasteiger charge is 2.40. The van der Waals surface area contributed by atoms with Crippen molar-refractivity contribution in [3.05, 3.63) is 84.2 Å². The number of likely N-dealkylation sites (tertiary alicyclic amines) is 1. The quantitative estimate of drug-likeness (QED) is 0.395. The van der Waals surface area contributed by atoms with E-state index in [4.69, 9.17) is 14.2 Å². The summed E-state index contributed by atoms with van der Waals surface area (Å²) in [5.74, 6) is -0.389. The minimum absolute atomic E-state index is 0.0255. The molecule has 0 aromatic heterocycles. The normalized spacial score (nSPS) is 16.7. The molecule has 1 aliphatic rings. The van der Waals surface area contributed by atoms with Crippen molar-refractivity contribution in [2.24, 2.45) is 0 Å². The predicted octanol–water partition coefficient (Wildman–Crippen LogP) is 5.47. The van der Waals surface area contributed by atoms with Gasteiger partial charge in [-0.2, -0.15) is 0 Å². The number of urea groups is 1. The van der Waals surface area contributed by atoms with Crippen molar-refractivity contribution in [2.75, 3.05) is 25.5 Å². The summed E-state index contributed by atoms with van der Waals surface area (Å²) in [6.45, 7) is 5.36. The topological polar surface area (TPSA) is 106 Å². The highest BCUT2D eigenvalue weighted by Crippen LogP contribution is 2.24. The number of methoxy groups -OCH3 is 1. The van der Waals surface area contributed by atoms with Crippen LogP contribution in [0.2, 0.25) is 0 Å². The largest absolute Gasteiger partial charge is 0.497 e. The first-order valence-corrected chi connectivity index (χ1v) is 12.8. The van der Waals surface area contributed by atoms with E-state index in [0.29, 0.717) is 22.6 Å². The number of nitrogens with one attached hydrogen (secondary N) is 2. The molecule has 1 aliphatic heterocycles. The fourth-order valence-corrected chi connectivity index (χ4v) is 4.22. The SMILES string of the molecule is COc1ccc(NC(=O)N[C@H]2CN(C(=O)OC(C)(C)C)C[C@@H]2OC(=O)c2cccc(-c3cccc(F)c3)c2)cc1. The van der Waals surface area contributed by atoms with Gasteiger partial charge in [-0.25, -0.2) is 18.8 Å². The molecule has 0 saturated carbocycles. The second-order valence-corrected chi connectivity index (χ2v) is 10.4. The molecule has 3 aromatic rings. The van der Waals surface area contributed by atoms with Gasteiger partial charge in [0.2, 0.25) is 0 Å². The van der Waals surface area contributed by atoms with Gasteiger partial charge in [-0.05, 0) is 80.4 Å². The number of rotatable bonds is 6. The molecule has 0 unspecified atom stereocenters. The molecule has 40 heavy (non-hydrogen) atoms. The summed E-state index contributed by atoms with van der Waals surface area (Å²) in [5, 5.41) is 5.53. The first-order valence-electron chi connectivity index (χ1n) is 12.8. The Morgan fingerprint density at radius 1 is 0.925 bits per heavy atom. The summed E-state index contributed by atoms with van der Waals surface area (Å²) < 4.78 is 30.1. The number of hydrogen-bond acceptors (Lipinski definition) is 6. The maximum Gasteiger partial charge on any atom is 0.410 e. The monoisotopic (exact) mass is 549 g/mol. The Morgan fingerprint density at radius 3 is 2.25 bits per heavy atom. The van der Waals surface area contributed by atoms with Gasteiger partial charge in [0.05, 0.1) is 25.3 Å². The van der Waals surface area contributed by atoms with Crippen LogP contribution in [0, 0.1) is 5.82 Å². The van der Waals surface area contributed by atoms with Crippen LogP contribution < -0.4 is 15.4 Å². The van der Waals surface area contributed by atoms with Crippen LogP contribution in [-0.2, 0) is 9.47 Å². The van der Waals surface area contributed by atoms with E-state index in [2.05, 4.69) is 10.6 Å². The molecule has 10 heteroatoms. The molecule has 1 fully saturated rings. The van der Waals surface area contributed by atoms with E-state index in [1.165, 1.54) is 17.0 Å². The maximum atomic E-state index is 13.7. The molecular weight excluding hydrogens is 517 g/mol. The fraction of sp³-hybridized carbons (Fsp3) is 0.300. The number of halogens is 1. The molecule has 0 bridgehead atoms. The van der Waals surface area contributed by atoms with Crippen molar-refractivity contribution in [2.45, 2.75) is 38.5 Å². The van der Waals surface area contributed by atoms with E-state index in [9.17, 15) is 18.8 Å². The van der Waals surface area contributed by atoms with Gasteiger partial charge in [-0.3, -0.25) is 0 Å². The standard InChI is InChI=1S/C30H32FN3O6/c1-30(2,3)40-29(37)34-17-25(33-28(36)32-23-11-13-24(38-4)14-12-23)26(18-34)39-27(35)21-9-5-7-19(15-21)20-8-6-10-22(31)16-20/h5-16,25-26H,17-18H2,1-4H3,(H2,32,33,36)/t25-,26-/m0/s1. The van der Waals surface area contributed by atoms with E-state index >= 15 is 0 Å². The lowest BCUT2D eigenvalue weighted by Crippen LogP contribution is -2.46. The van der Waals surface area contributed by atoms with E-state index in [-0.39, 0.29) is 24.5 Å². The van der Waals surface area contributed by atoms with Crippen LogP contribution in [0.1, 0.15) is 31.1 Å². The molecule has 210 valence electrons. The summed E-state index contributed by atoms with van der Waals surface area (Å²) in [6.07, 6.45) is -1.43. The van der Waals surface area contributed by atoms with E-state index in [0.717, 1.165) is 0 Å². The zero-order chi connectivity index (χ0) is 28.9. The Labute approximate surface area is 232 Å². The molecule has 3 amide bonds. The van der Waals surface area contributed by atoms with E-state index in [1.807, 2.05) is 0 Å². The first-order chi connectivity index (χ1) is 19.0. The van der Waals surface area contributed by atoms with Crippen molar-refractivity contribution in [3.63, 3.8) is 0 Å². The molecular formula is C30H32FN3O6. The Bertz CT molecular complexity index is 1370. The molecule has 2 atom stereocenters. The van der Waals surface area contributed by atoms with E-state index < -0.39 is 35.8 Å². The number of ether oxygens (including phenoxy) is 3. The van der Waals surface area contributed by atoms with Crippen molar-refractivity contribution >= 4 is 23.8 Å². The van der Waals surface area contributed by atoms with Crippen LogP contribution in [-0.4, -0.2) is 60.9 Å². The van der Waals surface area contributed by atoms with Crippen molar-refractivity contribution in [3.8, 4) is 16.9 Å². The van der Waals surface area contributed by atoms with Crippen LogP contribution in [0.15, 0.2) is 72.8 Å². The van der Waals surface area contributed by atoms with Gasteiger partial charge in [-0.1, -0.05) is 24.3 Å². The lowest BCUT2D eigenvalue weighted by atomic mass is 10.0. The van der Waals surface area contributed by atoms with Gasteiger partial charge in [0, 0.05) is 12.2 Å². The number of hydrogen-bond donors (Lipinski definition) is 2. The molecule has 2 N–H and O–H groups in total. The third-order valence-electron chi connectivity index (χ3n) is 6.10. The van der Waals surface area contributed by atoms with Crippen LogP contribution in [0.5, 0.6) is 5.75 Å². The maximum absolute atomic E-state index is 13.7. The third-order valence-corrected chi connectivity index (χ3v) is 6.10.